The molecule has 18 heteroatoms. The summed E-state index contributed by atoms with van der Waals surface area (Å²) in [6.45, 7) is 11.9. The van der Waals surface area contributed by atoms with Gasteiger partial charge >= 0.3 is 5.69 Å². The summed E-state index contributed by atoms with van der Waals surface area (Å²) in [6, 6.07) is 15.9. The summed E-state index contributed by atoms with van der Waals surface area (Å²) in [5, 5.41) is 25.1. The minimum absolute atomic E-state index is 0.0547. The predicted octanol–water partition coefficient (Wildman–Crippen LogP) is 9.16. The van der Waals surface area contributed by atoms with Crippen LogP contribution < -0.4 is 19.7 Å². The van der Waals surface area contributed by atoms with Gasteiger partial charge in [-0.05, 0) is 105 Å². The first kappa shape index (κ1) is 46.8. The lowest BCUT2D eigenvalue weighted by atomic mass is 9.70. The first-order valence-electron chi connectivity index (χ1n) is 22.9. The van der Waals surface area contributed by atoms with E-state index >= 15 is 4.39 Å². The Morgan fingerprint density at radius 2 is 1.85 bits per heavy atom. The molecule has 4 N–H and O–H groups in total. The van der Waals surface area contributed by atoms with Crippen LogP contribution in [0.5, 0.6) is 11.5 Å². The Hall–Kier alpha value is -5.72. The van der Waals surface area contributed by atoms with Crippen LogP contribution >= 0.6 is 0 Å². The monoisotopic (exact) mass is 928 g/mol. The van der Waals surface area contributed by atoms with Gasteiger partial charge in [-0.25, -0.2) is 22.5 Å². The van der Waals surface area contributed by atoms with Gasteiger partial charge in [-0.15, -0.1) is 0 Å². The molecule has 1 spiro atoms. The number of piperidine rings is 1. The minimum atomic E-state index is -4.76. The molecule has 1 saturated carbocycles. The average molecular weight is 929 g/mol. The molecule has 2 aliphatic heterocycles. The number of aromatic nitrogens is 3. The smallest absolute Gasteiger partial charge is 0.312 e. The highest BCUT2D eigenvalue weighted by Gasteiger charge is 2.49. The maximum Gasteiger partial charge on any atom is 0.312 e. The van der Waals surface area contributed by atoms with Crippen LogP contribution in [0.3, 0.4) is 0 Å². The topological polar surface area (TPSA) is 196 Å². The first-order valence-corrected chi connectivity index (χ1v) is 24.4. The fraction of sp³-hybridized carbons (Fsp3) is 0.479. The number of anilines is 2. The fourth-order valence-electron chi connectivity index (χ4n) is 9.97. The molecular formula is C48H58F2N8O7S. The number of fused-ring (bicyclic) bond motifs is 1. The third-order valence-electron chi connectivity index (χ3n) is 14.0. The van der Waals surface area contributed by atoms with Crippen LogP contribution in [-0.4, -0.2) is 88.6 Å². The summed E-state index contributed by atoms with van der Waals surface area (Å²) in [4.78, 5) is 39.7. The Labute approximate surface area is 383 Å². The number of pyridine rings is 2. The molecule has 15 nitrogen and oxygen atoms in total. The number of rotatable bonds is 17. The van der Waals surface area contributed by atoms with E-state index in [9.17, 15) is 32.8 Å². The van der Waals surface area contributed by atoms with Crippen molar-refractivity contribution in [1.29, 1.82) is 0 Å². The molecule has 66 heavy (non-hydrogen) atoms. The van der Waals surface area contributed by atoms with Crippen molar-refractivity contribution in [2.75, 3.05) is 42.9 Å². The lowest BCUT2D eigenvalue weighted by Gasteiger charge is -2.57. The number of unbranched alkanes of at least 4 members (excludes halogenated alkanes) is 1. The Morgan fingerprint density at radius 3 is 2.58 bits per heavy atom. The van der Waals surface area contributed by atoms with Gasteiger partial charge in [0.25, 0.3) is 21.9 Å². The van der Waals surface area contributed by atoms with Gasteiger partial charge in [0.05, 0.1) is 27.7 Å². The highest BCUT2D eigenvalue weighted by Crippen LogP contribution is 2.49. The molecule has 0 unspecified atom stereocenters. The van der Waals surface area contributed by atoms with Crippen LogP contribution in [0.15, 0.2) is 71.9 Å². The molecular weight excluding hydrogens is 871 g/mol. The molecule has 3 atom stereocenters. The van der Waals surface area contributed by atoms with Crippen LogP contribution in [-0.2, 0) is 10.0 Å². The second-order valence-electron chi connectivity index (χ2n) is 18.8. The summed E-state index contributed by atoms with van der Waals surface area (Å²) in [6.07, 6.45) is 9.71. The van der Waals surface area contributed by atoms with E-state index in [-0.39, 0.29) is 40.1 Å². The zero-order chi connectivity index (χ0) is 47.0. The van der Waals surface area contributed by atoms with Crippen LogP contribution in [0.2, 0.25) is 0 Å². The number of amides is 1. The number of sulfonamides is 1. The zero-order valence-corrected chi connectivity index (χ0v) is 38.6. The van der Waals surface area contributed by atoms with Gasteiger partial charge in [-0.3, -0.25) is 19.8 Å². The van der Waals surface area contributed by atoms with Gasteiger partial charge in [0.2, 0.25) is 5.82 Å². The van der Waals surface area contributed by atoms with E-state index in [2.05, 4.69) is 68.2 Å². The number of nitro groups is 1. The summed E-state index contributed by atoms with van der Waals surface area (Å²) in [5.74, 6) is -2.85. The number of benzene rings is 2. The molecule has 3 aromatic heterocycles. The van der Waals surface area contributed by atoms with Crippen molar-refractivity contribution in [1.82, 2.24) is 24.6 Å². The van der Waals surface area contributed by atoms with Crippen molar-refractivity contribution < 1.29 is 36.8 Å². The lowest BCUT2D eigenvalue weighted by molar-refractivity contribution is -0.384. The number of halogens is 2. The maximum absolute atomic E-state index is 15.4. The van der Waals surface area contributed by atoms with E-state index < -0.39 is 54.6 Å². The second kappa shape index (κ2) is 18.9. The third-order valence-corrected chi connectivity index (χ3v) is 15.3. The quantitative estimate of drug-likeness (QED) is 0.0299. The SMILES string of the molecule is CC[C@@](C)(O)CCCCNc1ncc(S(=O)(=O)NC(=O)c2ccc(N3CCC4(CC3)CN([C@H]3CCC[C@H]3c3ccccc3C(C)C)C4)cc2Oc2cc3c(F)c[nH]c3nc2F)cc1[N+](=O)[O-]. The Kier molecular flexibility index (Phi) is 13.4. The molecule has 2 aromatic carbocycles. The Balaban J connectivity index is 0.982. The molecule has 1 aliphatic carbocycles. The second-order valence-corrected chi connectivity index (χ2v) is 20.5. The highest BCUT2D eigenvalue weighted by atomic mass is 32.2. The molecule has 0 bridgehead atoms. The number of aromatic amines is 1. The predicted molar refractivity (Wildman–Crippen MR) is 248 cm³/mol. The number of likely N-dealkylation sites (tertiary alicyclic amines) is 1. The number of nitrogens with zero attached hydrogens (tertiary/aromatic N) is 5. The normalized spacial score (nSPS) is 19.5. The van der Waals surface area contributed by atoms with Crippen molar-refractivity contribution in [3.05, 3.63) is 106 Å². The van der Waals surface area contributed by atoms with E-state index in [1.807, 2.05) is 11.6 Å². The van der Waals surface area contributed by atoms with Crippen molar-refractivity contribution in [3.63, 3.8) is 0 Å². The summed E-state index contributed by atoms with van der Waals surface area (Å²) >= 11 is 0. The van der Waals surface area contributed by atoms with Gasteiger partial charge in [0, 0.05) is 62.8 Å². The van der Waals surface area contributed by atoms with Crippen molar-refractivity contribution in [2.45, 2.75) is 114 Å². The summed E-state index contributed by atoms with van der Waals surface area (Å²) in [7, 11) is -4.76. The van der Waals surface area contributed by atoms with Crippen molar-refractivity contribution >= 4 is 44.2 Å². The average Bonchev–Trinajstić information content (AvgIpc) is 3.91. The highest BCUT2D eigenvalue weighted by molar-refractivity contribution is 7.90. The summed E-state index contributed by atoms with van der Waals surface area (Å²) in [5.41, 5.74) is 1.95. The number of aliphatic hydroxyl groups is 1. The van der Waals surface area contributed by atoms with Gasteiger partial charge in [0.15, 0.2) is 5.75 Å². The number of H-pyrrole nitrogens is 1. The van der Waals surface area contributed by atoms with Crippen LogP contribution in [0.25, 0.3) is 11.0 Å². The molecule has 5 heterocycles. The molecule has 0 radical (unpaired) electrons. The van der Waals surface area contributed by atoms with Crippen molar-refractivity contribution in [3.8, 4) is 11.5 Å². The molecule has 8 rings (SSSR count). The molecule has 3 aliphatic rings. The molecule has 2 saturated heterocycles. The number of carbonyl (C=O) groups excluding carboxylic acids is 1. The van der Waals surface area contributed by atoms with E-state index in [0.717, 1.165) is 50.5 Å². The van der Waals surface area contributed by atoms with Gasteiger partial charge in [-0.2, -0.15) is 9.37 Å². The van der Waals surface area contributed by atoms with Gasteiger partial charge < -0.3 is 25.0 Å². The summed E-state index contributed by atoms with van der Waals surface area (Å²) < 4.78 is 65.2. The number of nitrogens with one attached hydrogen (secondary N) is 3. The number of hydrogen-bond acceptors (Lipinski definition) is 12. The third kappa shape index (κ3) is 9.86. The molecule has 5 aromatic rings. The van der Waals surface area contributed by atoms with Crippen LogP contribution in [0.4, 0.5) is 26.0 Å². The van der Waals surface area contributed by atoms with Crippen molar-refractivity contribution in [2.24, 2.45) is 5.41 Å². The Morgan fingerprint density at radius 1 is 1.09 bits per heavy atom. The molecule has 1 amide bonds. The Bertz CT molecular complexity index is 2710. The molecule has 352 valence electrons. The maximum atomic E-state index is 15.4. The number of ether oxygens (including phenoxy) is 1. The first-order chi connectivity index (χ1) is 31.5. The lowest BCUT2D eigenvalue weighted by Crippen LogP contribution is -2.63. The number of hydrogen-bond donors (Lipinski definition) is 4. The van der Waals surface area contributed by atoms with E-state index in [4.69, 9.17) is 4.74 Å². The van der Waals surface area contributed by atoms with Crippen LogP contribution in [0, 0.1) is 27.3 Å². The molecule has 3 fully saturated rings. The minimum Gasteiger partial charge on any atom is -0.452 e. The van der Waals surface area contributed by atoms with Gasteiger partial charge in [-0.1, -0.05) is 51.5 Å². The number of carbonyl (C=O) groups is 1. The van der Waals surface area contributed by atoms with Gasteiger partial charge in [0.1, 0.15) is 22.1 Å². The van der Waals surface area contributed by atoms with E-state index in [1.165, 1.54) is 42.5 Å². The van der Waals surface area contributed by atoms with E-state index in [1.54, 1.807) is 13.0 Å². The van der Waals surface area contributed by atoms with Crippen LogP contribution in [0.1, 0.15) is 119 Å². The fourth-order valence-corrected chi connectivity index (χ4v) is 10.9. The standard InChI is InChI=1S/C48H58F2N8O7S/c1-5-47(4,60)17-8-9-20-51-45-40(58(61)62)24-32(26-52-45)66(63,64)55-46(59)36-16-15-31(23-41(36)65-42-25-37-38(49)27-53-44(37)54-43(42)50)56-21-18-48(19-22-56)28-57(29-48)39-14-10-13-35(39)34-12-7-6-11-33(34)30(2)3/h6-7,11-12,15-16,23-27,30,35,39,60H,5,8-10,13-14,17-22,28-29H2,1-4H3,(H,51,52)(H,53,54)(H,55,59)/t35-,39-,47+/m0/s1. The largest absolute Gasteiger partial charge is 0.452 e. The van der Waals surface area contributed by atoms with E-state index in [0.29, 0.717) is 62.3 Å². The zero-order valence-electron chi connectivity index (χ0n) is 37.8.